The lowest BCUT2D eigenvalue weighted by molar-refractivity contribution is 0.181. The number of likely N-dealkylation sites (N-methyl/N-ethyl adjacent to an activating group) is 1. The Morgan fingerprint density at radius 3 is 3.21 bits per heavy atom. The summed E-state index contributed by atoms with van der Waals surface area (Å²) in [5, 5.41) is 3.76. The molecular weight excluding hydrogens is 200 g/mol. The Morgan fingerprint density at radius 1 is 1.79 bits per heavy atom. The van der Waals surface area contributed by atoms with E-state index in [-0.39, 0.29) is 19.0 Å². The molecule has 0 aliphatic carbocycles. The van der Waals surface area contributed by atoms with Gasteiger partial charge in [0.1, 0.15) is 0 Å². The first-order chi connectivity index (χ1) is 6.33. The van der Waals surface area contributed by atoms with E-state index in [1.165, 1.54) is 5.57 Å². The van der Waals surface area contributed by atoms with Gasteiger partial charge in [0.15, 0.2) is 6.61 Å². The lowest BCUT2D eigenvalue weighted by atomic mass is 10.1. The Labute approximate surface area is 91.2 Å². The van der Waals surface area contributed by atoms with E-state index in [4.69, 9.17) is 11.3 Å². The molecule has 1 heterocycles. The van der Waals surface area contributed by atoms with Crippen molar-refractivity contribution >= 4 is 18.6 Å². The fourth-order valence-corrected chi connectivity index (χ4v) is 1.20. The van der Waals surface area contributed by atoms with Gasteiger partial charge >= 0.3 is 0 Å². The van der Waals surface area contributed by atoms with E-state index < -0.39 is 0 Å². The van der Waals surface area contributed by atoms with Crippen LogP contribution in [0, 0.1) is 12.3 Å². The molecule has 0 atom stereocenters. The predicted molar refractivity (Wildman–Crippen MR) is 60.7 cm³/mol. The monoisotopic (exact) mass is 214 g/mol. The average molecular weight is 215 g/mol. The molecule has 0 fully saturated rings. The van der Waals surface area contributed by atoms with Crippen LogP contribution in [-0.2, 0) is 4.84 Å². The molecule has 0 aromatic heterocycles. The first-order valence-electron chi connectivity index (χ1n) is 4.29. The van der Waals surface area contributed by atoms with Crippen LogP contribution in [0.3, 0.4) is 0 Å². The SMILES string of the molecule is C#CCON=CC1=CCCN(C)C1.Cl. The second kappa shape index (κ2) is 7.43. The largest absolute Gasteiger partial charge is 0.383 e. The number of hydrogen-bond donors (Lipinski definition) is 0. The van der Waals surface area contributed by atoms with E-state index >= 15 is 0 Å². The van der Waals surface area contributed by atoms with Crippen molar-refractivity contribution in [2.75, 3.05) is 26.7 Å². The second-order valence-electron chi connectivity index (χ2n) is 3.02. The molecule has 3 nitrogen and oxygen atoms in total. The van der Waals surface area contributed by atoms with E-state index in [1.807, 2.05) is 0 Å². The van der Waals surface area contributed by atoms with Crippen molar-refractivity contribution in [1.29, 1.82) is 0 Å². The number of rotatable bonds is 3. The maximum atomic E-state index is 5.00. The van der Waals surface area contributed by atoms with Crippen molar-refractivity contribution in [3.63, 3.8) is 0 Å². The molecule has 0 aromatic rings. The standard InChI is InChI=1S/C10H14N2O.ClH/c1-3-7-13-11-8-10-5-4-6-12(2)9-10;/h1,5,8H,4,6-7,9H2,2H3;1H. The molecular formula is C10H15ClN2O. The lowest BCUT2D eigenvalue weighted by Gasteiger charge is -2.20. The van der Waals surface area contributed by atoms with E-state index in [2.05, 4.69) is 29.1 Å². The minimum Gasteiger partial charge on any atom is -0.383 e. The minimum atomic E-state index is 0. The van der Waals surface area contributed by atoms with Crippen LogP contribution in [0.2, 0.25) is 0 Å². The van der Waals surface area contributed by atoms with Gasteiger partial charge in [-0.25, -0.2) is 0 Å². The van der Waals surface area contributed by atoms with Crippen molar-refractivity contribution in [3.05, 3.63) is 11.6 Å². The van der Waals surface area contributed by atoms with E-state index in [0.29, 0.717) is 0 Å². The van der Waals surface area contributed by atoms with Gasteiger partial charge in [0.25, 0.3) is 0 Å². The van der Waals surface area contributed by atoms with Crippen molar-refractivity contribution in [1.82, 2.24) is 4.90 Å². The van der Waals surface area contributed by atoms with Crippen LogP contribution in [0.25, 0.3) is 0 Å². The van der Waals surface area contributed by atoms with Crippen LogP contribution in [0.15, 0.2) is 16.8 Å². The third kappa shape index (κ3) is 4.90. The summed E-state index contributed by atoms with van der Waals surface area (Å²) >= 11 is 0. The summed E-state index contributed by atoms with van der Waals surface area (Å²) in [5.41, 5.74) is 1.19. The first-order valence-corrected chi connectivity index (χ1v) is 4.29. The molecule has 1 aliphatic rings. The van der Waals surface area contributed by atoms with Crippen LogP contribution >= 0.6 is 12.4 Å². The highest BCUT2D eigenvalue weighted by atomic mass is 35.5. The molecule has 0 saturated carbocycles. The normalized spacial score (nSPS) is 17.0. The van der Waals surface area contributed by atoms with Crippen LogP contribution in [-0.4, -0.2) is 37.9 Å². The smallest absolute Gasteiger partial charge is 0.177 e. The van der Waals surface area contributed by atoms with E-state index in [0.717, 1.165) is 19.5 Å². The quantitative estimate of drug-likeness (QED) is 0.306. The predicted octanol–water partition coefficient (Wildman–Crippen LogP) is 1.31. The van der Waals surface area contributed by atoms with E-state index in [9.17, 15) is 0 Å². The Kier molecular flexibility index (Phi) is 6.91. The molecule has 0 bridgehead atoms. The zero-order chi connectivity index (χ0) is 9.52. The summed E-state index contributed by atoms with van der Waals surface area (Å²) in [6.07, 6.45) is 9.97. The highest BCUT2D eigenvalue weighted by molar-refractivity contribution is 5.85. The summed E-state index contributed by atoms with van der Waals surface area (Å²) in [6.45, 7) is 2.28. The molecule has 78 valence electrons. The van der Waals surface area contributed by atoms with Gasteiger partial charge in [0, 0.05) is 13.1 Å². The highest BCUT2D eigenvalue weighted by Crippen LogP contribution is 2.04. The number of halogens is 1. The second-order valence-corrected chi connectivity index (χ2v) is 3.02. The molecule has 4 heteroatoms. The molecule has 0 aromatic carbocycles. The fraction of sp³-hybridized carbons (Fsp3) is 0.500. The van der Waals surface area contributed by atoms with Gasteiger partial charge < -0.3 is 9.74 Å². The average Bonchev–Trinajstić information content (AvgIpc) is 2.13. The van der Waals surface area contributed by atoms with Crippen LogP contribution in [0.4, 0.5) is 0 Å². The molecule has 0 saturated heterocycles. The Balaban J connectivity index is 0.00000169. The molecule has 0 spiro atoms. The number of oxime groups is 1. The third-order valence-corrected chi connectivity index (χ3v) is 1.81. The van der Waals surface area contributed by atoms with Gasteiger partial charge in [-0.2, -0.15) is 0 Å². The minimum absolute atomic E-state index is 0. The van der Waals surface area contributed by atoms with Gasteiger partial charge in [-0.05, 0) is 19.0 Å². The molecule has 1 aliphatic heterocycles. The Bertz CT molecular complexity index is 255. The zero-order valence-corrected chi connectivity index (χ0v) is 9.09. The van der Waals surface area contributed by atoms with Crippen molar-refractivity contribution < 1.29 is 4.84 Å². The summed E-state index contributed by atoms with van der Waals surface area (Å²) in [4.78, 5) is 7.03. The summed E-state index contributed by atoms with van der Waals surface area (Å²) < 4.78 is 0. The molecule has 0 unspecified atom stereocenters. The van der Waals surface area contributed by atoms with Crippen molar-refractivity contribution in [3.8, 4) is 12.3 Å². The third-order valence-electron chi connectivity index (χ3n) is 1.81. The molecule has 0 amide bonds. The van der Waals surface area contributed by atoms with Crippen molar-refractivity contribution in [2.24, 2.45) is 5.16 Å². The Morgan fingerprint density at radius 2 is 2.57 bits per heavy atom. The lowest BCUT2D eigenvalue weighted by Crippen LogP contribution is -2.25. The van der Waals surface area contributed by atoms with Gasteiger partial charge in [-0.1, -0.05) is 17.2 Å². The number of nitrogens with zero attached hydrogens (tertiary/aromatic N) is 2. The van der Waals surface area contributed by atoms with Crippen molar-refractivity contribution in [2.45, 2.75) is 6.42 Å². The summed E-state index contributed by atoms with van der Waals surface area (Å²) in [6, 6.07) is 0. The van der Waals surface area contributed by atoms with Crippen LogP contribution < -0.4 is 0 Å². The van der Waals surface area contributed by atoms with Gasteiger partial charge in [-0.3, -0.25) is 0 Å². The first kappa shape index (κ1) is 13.0. The molecule has 0 radical (unpaired) electrons. The van der Waals surface area contributed by atoms with Gasteiger partial charge in [0.05, 0.1) is 6.21 Å². The number of hydrogen-bond acceptors (Lipinski definition) is 3. The van der Waals surface area contributed by atoms with Crippen LogP contribution in [0.1, 0.15) is 6.42 Å². The number of terminal acetylenes is 1. The molecule has 1 rings (SSSR count). The topological polar surface area (TPSA) is 24.8 Å². The fourth-order valence-electron chi connectivity index (χ4n) is 1.20. The Hall–Kier alpha value is -0.980. The highest BCUT2D eigenvalue weighted by Gasteiger charge is 2.05. The molecule has 0 N–H and O–H groups in total. The maximum absolute atomic E-state index is 5.00. The van der Waals surface area contributed by atoms with Crippen LogP contribution in [0.5, 0.6) is 0 Å². The van der Waals surface area contributed by atoms with Gasteiger partial charge in [0.2, 0.25) is 0 Å². The van der Waals surface area contributed by atoms with Gasteiger partial charge in [-0.15, -0.1) is 18.8 Å². The van der Waals surface area contributed by atoms with E-state index in [1.54, 1.807) is 6.21 Å². The summed E-state index contributed by atoms with van der Waals surface area (Å²) in [5.74, 6) is 2.35. The zero-order valence-electron chi connectivity index (χ0n) is 8.27. The maximum Gasteiger partial charge on any atom is 0.177 e. The molecule has 14 heavy (non-hydrogen) atoms. The summed E-state index contributed by atoms with van der Waals surface area (Å²) in [7, 11) is 2.09.